The van der Waals surface area contributed by atoms with Gasteiger partial charge in [0.15, 0.2) is 11.5 Å². The monoisotopic (exact) mass is 253 g/mol. The van der Waals surface area contributed by atoms with Crippen LogP contribution in [0.5, 0.6) is 11.5 Å². The van der Waals surface area contributed by atoms with Crippen LogP contribution in [0.1, 0.15) is 20.3 Å². The molecule has 4 heteroatoms. The fraction of sp³-hybridized carbons (Fsp3) is 0.571. The highest BCUT2D eigenvalue weighted by Gasteiger charge is 2.29. The number of rotatable bonds is 3. The van der Waals surface area contributed by atoms with Crippen LogP contribution in [0.2, 0.25) is 0 Å². The summed E-state index contributed by atoms with van der Waals surface area (Å²) in [6, 6.07) is 4.96. The smallest absolute Gasteiger partial charge is 0.206 e. The van der Waals surface area contributed by atoms with Crippen LogP contribution in [0, 0.1) is 11.2 Å². The third kappa shape index (κ3) is 2.93. The molecule has 1 saturated heterocycles. The topological polar surface area (TPSA) is 30.5 Å². The minimum Gasteiger partial charge on any atom is -0.494 e. The molecule has 100 valence electrons. The first-order chi connectivity index (χ1) is 8.52. The minimum absolute atomic E-state index is 0.00430. The maximum Gasteiger partial charge on any atom is 0.206 e. The Kier molecular flexibility index (Phi) is 3.76. The molecular formula is C14H20FNO2. The molecule has 1 N–H and O–H groups in total. The Morgan fingerprint density at radius 3 is 2.72 bits per heavy atom. The minimum atomic E-state index is -0.427. The van der Waals surface area contributed by atoms with Crippen LogP contribution in [-0.4, -0.2) is 26.3 Å². The van der Waals surface area contributed by atoms with E-state index in [1.54, 1.807) is 18.2 Å². The van der Waals surface area contributed by atoms with E-state index in [-0.39, 0.29) is 23.0 Å². The Bertz CT molecular complexity index is 420. The number of halogens is 1. The van der Waals surface area contributed by atoms with Crippen LogP contribution in [0.3, 0.4) is 0 Å². The molecule has 1 aromatic carbocycles. The first-order valence-corrected chi connectivity index (χ1v) is 6.22. The SMILES string of the molecule is COc1cccc(O[C@@H]2CNCC(C)(C)C2)c1F. The first-order valence-electron chi connectivity index (χ1n) is 6.22. The molecule has 1 aliphatic rings. The largest absolute Gasteiger partial charge is 0.494 e. The molecule has 0 spiro atoms. The van der Waals surface area contributed by atoms with Crippen LogP contribution < -0.4 is 14.8 Å². The van der Waals surface area contributed by atoms with Gasteiger partial charge in [-0.3, -0.25) is 0 Å². The van der Waals surface area contributed by atoms with Gasteiger partial charge >= 0.3 is 0 Å². The van der Waals surface area contributed by atoms with E-state index in [1.165, 1.54) is 7.11 Å². The molecule has 0 radical (unpaired) electrons. The third-order valence-corrected chi connectivity index (χ3v) is 3.20. The molecule has 0 bridgehead atoms. The zero-order chi connectivity index (χ0) is 13.2. The number of methoxy groups -OCH3 is 1. The lowest BCUT2D eigenvalue weighted by Gasteiger charge is -2.35. The lowest BCUT2D eigenvalue weighted by Crippen LogP contribution is -2.46. The molecular weight excluding hydrogens is 233 g/mol. The fourth-order valence-electron chi connectivity index (χ4n) is 2.33. The van der Waals surface area contributed by atoms with Crippen molar-refractivity contribution in [2.24, 2.45) is 5.41 Å². The normalized spacial score (nSPS) is 22.6. The molecule has 1 fully saturated rings. The van der Waals surface area contributed by atoms with Gasteiger partial charge in [-0.2, -0.15) is 4.39 Å². The van der Waals surface area contributed by atoms with Gasteiger partial charge in [0.1, 0.15) is 6.10 Å². The van der Waals surface area contributed by atoms with Gasteiger partial charge < -0.3 is 14.8 Å². The zero-order valence-electron chi connectivity index (χ0n) is 11.1. The predicted molar refractivity (Wildman–Crippen MR) is 68.6 cm³/mol. The fourth-order valence-corrected chi connectivity index (χ4v) is 2.33. The second-order valence-electron chi connectivity index (χ2n) is 5.51. The van der Waals surface area contributed by atoms with E-state index in [0.717, 1.165) is 19.5 Å². The average molecular weight is 253 g/mol. The van der Waals surface area contributed by atoms with Gasteiger partial charge in [-0.1, -0.05) is 19.9 Å². The van der Waals surface area contributed by atoms with Crippen molar-refractivity contribution < 1.29 is 13.9 Å². The maximum absolute atomic E-state index is 14.0. The van der Waals surface area contributed by atoms with Gasteiger partial charge in [0.2, 0.25) is 5.82 Å². The van der Waals surface area contributed by atoms with Gasteiger partial charge in [-0.05, 0) is 24.0 Å². The Morgan fingerprint density at radius 1 is 1.33 bits per heavy atom. The van der Waals surface area contributed by atoms with Crippen molar-refractivity contribution >= 4 is 0 Å². The van der Waals surface area contributed by atoms with Crippen LogP contribution >= 0.6 is 0 Å². The molecule has 0 aromatic heterocycles. The summed E-state index contributed by atoms with van der Waals surface area (Å²) in [5, 5.41) is 3.31. The highest BCUT2D eigenvalue weighted by molar-refractivity contribution is 5.35. The number of piperidine rings is 1. The molecule has 0 amide bonds. The predicted octanol–water partition coefficient (Wildman–Crippen LogP) is 2.60. The van der Waals surface area contributed by atoms with Crippen LogP contribution in [0.4, 0.5) is 4.39 Å². The molecule has 0 unspecified atom stereocenters. The molecule has 2 rings (SSSR count). The Morgan fingerprint density at radius 2 is 2.06 bits per heavy atom. The quantitative estimate of drug-likeness (QED) is 0.898. The Balaban J connectivity index is 2.09. The highest BCUT2D eigenvalue weighted by Crippen LogP contribution is 2.30. The Labute approximate surface area is 107 Å². The summed E-state index contributed by atoms with van der Waals surface area (Å²) in [4.78, 5) is 0. The molecule has 18 heavy (non-hydrogen) atoms. The molecule has 1 heterocycles. The van der Waals surface area contributed by atoms with Gasteiger partial charge in [-0.25, -0.2) is 0 Å². The second kappa shape index (κ2) is 5.14. The average Bonchev–Trinajstić information content (AvgIpc) is 2.31. The third-order valence-electron chi connectivity index (χ3n) is 3.20. The van der Waals surface area contributed by atoms with Crippen molar-refractivity contribution in [3.05, 3.63) is 24.0 Å². The van der Waals surface area contributed by atoms with Crippen LogP contribution in [0.15, 0.2) is 18.2 Å². The molecule has 1 atom stereocenters. The van der Waals surface area contributed by atoms with Gasteiger partial charge in [-0.15, -0.1) is 0 Å². The summed E-state index contributed by atoms with van der Waals surface area (Å²) >= 11 is 0. The molecule has 1 aliphatic heterocycles. The van der Waals surface area contributed by atoms with Crippen LogP contribution in [-0.2, 0) is 0 Å². The number of hydrogen-bond donors (Lipinski definition) is 1. The van der Waals surface area contributed by atoms with E-state index >= 15 is 0 Å². The van der Waals surface area contributed by atoms with Crippen molar-refractivity contribution in [3.63, 3.8) is 0 Å². The van der Waals surface area contributed by atoms with E-state index < -0.39 is 5.82 Å². The Hall–Kier alpha value is -1.29. The molecule has 3 nitrogen and oxygen atoms in total. The molecule has 1 aromatic rings. The summed E-state index contributed by atoms with van der Waals surface area (Å²) in [6.07, 6.45) is 0.909. The van der Waals surface area contributed by atoms with E-state index in [1.807, 2.05) is 0 Å². The van der Waals surface area contributed by atoms with Gasteiger partial charge in [0.05, 0.1) is 7.11 Å². The summed E-state index contributed by atoms with van der Waals surface area (Å²) < 4.78 is 24.6. The van der Waals surface area contributed by atoms with Crippen molar-refractivity contribution in [2.45, 2.75) is 26.4 Å². The van der Waals surface area contributed by atoms with E-state index in [2.05, 4.69) is 19.2 Å². The summed E-state index contributed by atoms with van der Waals surface area (Å²) in [5.41, 5.74) is 0.179. The molecule has 0 saturated carbocycles. The van der Waals surface area contributed by atoms with Crippen molar-refractivity contribution in [1.82, 2.24) is 5.32 Å². The summed E-state index contributed by atoms with van der Waals surface area (Å²) in [7, 11) is 1.45. The van der Waals surface area contributed by atoms with Gasteiger partial charge in [0.25, 0.3) is 0 Å². The number of benzene rings is 1. The first kappa shape index (κ1) is 13.1. The van der Waals surface area contributed by atoms with E-state index in [9.17, 15) is 4.39 Å². The van der Waals surface area contributed by atoms with Crippen molar-refractivity contribution in [1.29, 1.82) is 0 Å². The lowest BCUT2D eigenvalue weighted by atomic mass is 9.84. The van der Waals surface area contributed by atoms with E-state index in [0.29, 0.717) is 0 Å². The number of ether oxygens (including phenoxy) is 2. The summed E-state index contributed by atoms with van der Waals surface area (Å²) in [6.45, 7) is 6.07. The lowest BCUT2D eigenvalue weighted by molar-refractivity contribution is 0.0954. The molecule has 0 aliphatic carbocycles. The van der Waals surface area contributed by atoms with Crippen molar-refractivity contribution in [2.75, 3.05) is 20.2 Å². The highest BCUT2D eigenvalue weighted by atomic mass is 19.1. The van der Waals surface area contributed by atoms with Crippen molar-refractivity contribution in [3.8, 4) is 11.5 Å². The second-order valence-corrected chi connectivity index (χ2v) is 5.51. The van der Waals surface area contributed by atoms with Crippen LogP contribution in [0.25, 0.3) is 0 Å². The number of nitrogens with one attached hydrogen (secondary N) is 1. The summed E-state index contributed by atoms with van der Waals surface area (Å²) in [5.74, 6) is 0.0535. The zero-order valence-corrected chi connectivity index (χ0v) is 11.1. The maximum atomic E-state index is 14.0. The van der Waals surface area contributed by atoms with E-state index in [4.69, 9.17) is 9.47 Å². The standard InChI is InChI=1S/C14H20FNO2/c1-14(2)7-10(8-16-9-14)18-12-6-4-5-11(17-3)13(12)15/h4-6,10,16H,7-9H2,1-3H3/t10-/m0/s1. The number of hydrogen-bond acceptors (Lipinski definition) is 3. The van der Waals surface area contributed by atoms with Gasteiger partial charge in [0, 0.05) is 13.1 Å².